The number of nitrogens with two attached hydrogens (primary N) is 1. The summed E-state index contributed by atoms with van der Waals surface area (Å²) in [5, 5.41) is 19.9. The fourth-order valence-electron chi connectivity index (χ4n) is 2.53. The monoisotopic (exact) mass is 312 g/mol. The average Bonchev–Trinajstić information content (AvgIpc) is 2.56. The van der Waals surface area contributed by atoms with E-state index in [4.69, 9.17) is 16.4 Å². The number of nitrogens with one attached hydrogen (secondary N) is 2. The number of hydrazone groups is 1. The minimum absolute atomic E-state index is 0.0945. The zero-order valence-corrected chi connectivity index (χ0v) is 13.1. The fraction of sp³-hybridized carbons (Fsp3) is 0.375. The average molecular weight is 312 g/mol. The van der Waals surface area contributed by atoms with Gasteiger partial charge in [-0.2, -0.15) is 10.4 Å². The molecule has 1 aliphatic rings. The Morgan fingerprint density at radius 3 is 2.65 bits per heavy atom. The molecular formula is C16H20N6O. The maximum absolute atomic E-state index is 11.9. The van der Waals surface area contributed by atoms with Crippen molar-refractivity contribution < 1.29 is 4.79 Å². The highest BCUT2D eigenvalue weighted by Crippen LogP contribution is 2.26. The van der Waals surface area contributed by atoms with Crippen molar-refractivity contribution in [2.45, 2.75) is 26.2 Å². The number of benzene rings is 1. The van der Waals surface area contributed by atoms with E-state index in [9.17, 15) is 4.79 Å². The molecular weight excluding hydrogens is 292 g/mol. The third kappa shape index (κ3) is 4.07. The van der Waals surface area contributed by atoms with E-state index in [1.807, 2.05) is 12.1 Å². The third-order valence-corrected chi connectivity index (χ3v) is 3.75. The zero-order chi connectivity index (χ0) is 16.8. The Bertz CT molecular complexity index is 682. The third-order valence-electron chi connectivity index (χ3n) is 3.75. The molecule has 120 valence electrons. The quantitative estimate of drug-likeness (QED) is 0.333. The number of carbonyl (C=O) groups is 1. The number of Topliss-reactive ketones (excluding diaryl/α,β-unsaturated/α-hetero) is 1. The summed E-state index contributed by atoms with van der Waals surface area (Å²) in [6.07, 6.45) is 3.56. The maximum atomic E-state index is 11.9. The van der Waals surface area contributed by atoms with Gasteiger partial charge in [0.25, 0.3) is 0 Å². The van der Waals surface area contributed by atoms with Gasteiger partial charge in [-0.1, -0.05) is 0 Å². The maximum Gasteiger partial charge on any atom is 0.201 e. The largest absolute Gasteiger partial charge is 0.382 e. The van der Waals surface area contributed by atoms with E-state index in [0.717, 1.165) is 31.6 Å². The van der Waals surface area contributed by atoms with Crippen LogP contribution in [0.3, 0.4) is 0 Å². The minimum Gasteiger partial charge on any atom is -0.382 e. The summed E-state index contributed by atoms with van der Waals surface area (Å²) in [7, 11) is 0. The number of rotatable bonds is 5. The van der Waals surface area contributed by atoms with Crippen LogP contribution in [0.1, 0.15) is 36.5 Å². The number of hydrogen-bond acceptors (Lipinski definition) is 6. The van der Waals surface area contributed by atoms with Crippen molar-refractivity contribution in [3.05, 3.63) is 23.8 Å². The van der Waals surface area contributed by atoms with Crippen LogP contribution in [0, 0.1) is 16.7 Å². The SMILES string of the molecule is CC(=O)c1cc(N2CCCCC2)ccc1N/N=C(\C#N)C(=N)N. The Kier molecular flexibility index (Phi) is 5.31. The molecule has 0 spiro atoms. The summed E-state index contributed by atoms with van der Waals surface area (Å²) in [4.78, 5) is 14.2. The van der Waals surface area contributed by atoms with Crippen LogP contribution in [0.4, 0.5) is 11.4 Å². The lowest BCUT2D eigenvalue weighted by Gasteiger charge is -2.29. The lowest BCUT2D eigenvalue weighted by molar-refractivity contribution is 0.101. The summed E-state index contributed by atoms with van der Waals surface area (Å²) in [6, 6.07) is 7.26. The van der Waals surface area contributed by atoms with E-state index in [1.165, 1.54) is 13.3 Å². The van der Waals surface area contributed by atoms with Gasteiger partial charge in [0.05, 0.1) is 5.69 Å². The summed E-state index contributed by atoms with van der Waals surface area (Å²) in [5.41, 5.74) is 9.69. The molecule has 1 heterocycles. The summed E-state index contributed by atoms with van der Waals surface area (Å²) in [6.45, 7) is 3.47. The molecule has 7 heteroatoms. The second kappa shape index (κ2) is 7.40. The minimum atomic E-state index is -0.422. The number of amidine groups is 1. The number of nitriles is 1. The zero-order valence-electron chi connectivity index (χ0n) is 13.1. The molecule has 0 radical (unpaired) electrons. The van der Waals surface area contributed by atoms with Crippen molar-refractivity contribution in [1.29, 1.82) is 10.7 Å². The first-order chi connectivity index (χ1) is 11.0. The van der Waals surface area contributed by atoms with Crippen molar-refractivity contribution in [1.82, 2.24) is 0 Å². The Balaban J connectivity index is 2.28. The van der Waals surface area contributed by atoms with Gasteiger partial charge in [-0.15, -0.1) is 0 Å². The van der Waals surface area contributed by atoms with Crippen LogP contribution in [-0.2, 0) is 0 Å². The number of hydrogen-bond donors (Lipinski definition) is 3. The molecule has 0 aliphatic carbocycles. The highest BCUT2D eigenvalue weighted by atomic mass is 16.1. The Morgan fingerprint density at radius 2 is 2.09 bits per heavy atom. The normalized spacial score (nSPS) is 15.0. The van der Waals surface area contributed by atoms with Gasteiger partial charge < -0.3 is 10.6 Å². The summed E-state index contributed by atoms with van der Waals surface area (Å²) in [5.74, 6) is -0.516. The first-order valence-electron chi connectivity index (χ1n) is 7.51. The Labute approximate surface area is 135 Å². The van der Waals surface area contributed by atoms with Gasteiger partial charge in [-0.3, -0.25) is 15.6 Å². The topological polar surface area (TPSA) is 118 Å². The molecule has 0 amide bonds. The van der Waals surface area contributed by atoms with Crippen molar-refractivity contribution >= 4 is 28.7 Å². The van der Waals surface area contributed by atoms with E-state index < -0.39 is 5.84 Å². The first kappa shape index (κ1) is 16.5. The molecule has 0 unspecified atom stereocenters. The van der Waals surface area contributed by atoms with E-state index >= 15 is 0 Å². The summed E-state index contributed by atoms with van der Waals surface area (Å²) >= 11 is 0. The molecule has 23 heavy (non-hydrogen) atoms. The second-order valence-corrected chi connectivity index (χ2v) is 5.43. The molecule has 1 aliphatic heterocycles. The van der Waals surface area contributed by atoms with Crippen LogP contribution in [0.2, 0.25) is 0 Å². The van der Waals surface area contributed by atoms with E-state index in [2.05, 4.69) is 15.4 Å². The molecule has 4 N–H and O–H groups in total. The molecule has 1 aromatic carbocycles. The molecule has 0 aromatic heterocycles. The molecule has 0 bridgehead atoms. The van der Waals surface area contributed by atoms with Crippen LogP contribution < -0.4 is 16.1 Å². The van der Waals surface area contributed by atoms with Gasteiger partial charge in [0, 0.05) is 24.3 Å². The lowest BCUT2D eigenvalue weighted by atomic mass is 10.1. The van der Waals surface area contributed by atoms with Crippen LogP contribution >= 0.6 is 0 Å². The molecule has 1 aromatic rings. The van der Waals surface area contributed by atoms with Gasteiger partial charge in [0.1, 0.15) is 6.07 Å². The van der Waals surface area contributed by atoms with Crippen LogP contribution in [0.15, 0.2) is 23.3 Å². The Morgan fingerprint density at radius 1 is 1.39 bits per heavy atom. The number of carbonyl (C=O) groups excluding carboxylic acids is 1. The number of ketones is 1. The van der Waals surface area contributed by atoms with Crippen LogP contribution in [-0.4, -0.2) is 30.4 Å². The molecule has 0 saturated carbocycles. The molecule has 1 fully saturated rings. The van der Waals surface area contributed by atoms with E-state index in [0.29, 0.717) is 11.3 Å². The van der Waals surface area contributed by atoms with Gasteiger partial charge in [0.15, 0.2) is 11.6 Å². The number of anilines is 2. The highest BCUT2D eigenvalue weighted by Gasteiger charge is 2.15. The van der Waals surface area contributed by atoms with Gasteiger partial charge in [-0.05, 0) is 44.4 Å². The number of nitrogens with zero attached hydrogens (tertiary/aromatic N) is 3. The predicted molar refractivity (Wildman–Crippen MR) is 91.1 cm³/mol. The highest BCUT2D eigenvalue weighted by molar-refractivity contribution is 6.45. The van der Waals surface area contributed by atoms with Gasteiger partial charge in [0.2, 0.25) is 5.71 Å². The van der Waals surface area contributed by atoms with Crippen LogP contribution in [0.5, 0.6) is 0 Å². The van der Waals surface area contributed by atoms with Crippen molar-refractivity contribution in [3.63, 3.8) is 0 Å². The van der Waals surface area contributed by atoms with Gasteiger partial charge in [-0.25, -0.2) is 0 Å². The standard InChI is InChI=1S/C16H20N6O/c1-11(23)13-9-12(22-7-3-2-4-8-22)5-6-14(13)20-21-15(10-17)16(18)19/h5-6,9,20H,2-4,7-8H2,1H3,(H3,18,19)/b21-15+. The van der Waals surface area contributed by atoms with Gasteiger partial charge >= 0.3 is 0 Å². The molecule has 0 atom stereocenters. The first-order valence-corrected chi connectivity index (χ1v) is 7.51. The van der Waals surface area contributed by atoms with E-state index in [1.54, 1.807) is 12.1 Å². The second-order valence-electron chi connectivity index (χ2n) is 5.43. The fourth-order valence-corrected chi connectivity index (χ4v) is 2.53. The molecule has 1 saturated heterocycles. The van der Waals surface area contributed by atoms with Crippen LogP contribution in [0.25, 0.3) is 0 Å². The predicted octanol–water partition coefficient (Wildman–Crippen LogP) is 2.11. The molecule has 2 rings (SSSR count). The van der Waals surface area contributed by atoms with E-state index in [-0.39, 0.29) is 11.5 Å². The van der Waals surface area contributed by atoms with Crippen molar-refractivity contribution in [2.75, 3.05) is 23.4 Å². The lowest BCUT2D eigenvalue weighted by Crippen LogP contribution is -2.29. The number of piperidine rings is 1. The smallest absolute Gasteiger partial charge is 0.201 e. The van der Waals surface area contributed by atoms with Crippen molar-refractivity contribution in [3.8, 4) is 6.07 Å². The van der Waals surface area contributed by atoms with Crippen molar-refractivity contribution in [2.24, 2.45) is 10.8 Å². The Hall–Kier alpha value is -2.88. The summed E-state index contributed by atoms with van der Waals surface area (Å²) < 4.78 is 0. The molecule has 7 nitrogen and oxygen atoms in total.